The van der Waals surface area contributed by atoms with Crippen LogP contribution in [-0.2, 0) is 6.42 Å². The molecule has 0 heterocycles. The second-order valence-electron chi connectivity index (χ2n) is 4.49. The van der Waals surface area contributed by atoms with E-state index in [2.05, 4.69) is 38.1 Å². The molecule has 1 heteroatoms. The molecule has 0 bridgehead atoms. The Kier molecular flexibility index (Phi) is 4.57. The molecule has 1 N–H and O–H groups in total. The molecule has 1 aromatic rings. The maximum Gasteiger partial charge on any atom is 0.0642 e. The van der Waals surface area contributed by atoms with E-state index < -0.39 is 0 Å². The van der Waals surface area contributed by atoms with E-state index in [9.17, 15) is 0 Å². The second kappa shape index (κ2) is 5.72. The zero-order valence-corrected chi connectivity index (χ0v) is 9.83. The number of aliphatic hydroxyl groups excluding tert-OH is 1. The molecule has 0 amide bonds. The van der Waals surface area contributed by atoms with E-state index in [1.165, 1.54) is 5.56 Å². The van der Waals surface area contributed by atoms with Gasteiger partial charge in [-0.1, -0.05) is 44.2 Å². The summed E-state index contributed by atoms with van der Waals surface area (Å²) in [7, 11) is 0. The van der Waals surface area contributed by atoms with Gasteiger partial charge in [-0.3, -0.25) is 0 Å². The normalized spacial score (nSPS) is 12.2. The van der Waals surface area contributed by atoms with Crippen LogP contribution < -0.4 is 0 Å². The first-order chi connectivity index (χ1) is 7.11. The summed E-state index contributed by atoms with van der Waals surface area (Å²) in [6.07, 6.45) is 3.14. The lowest BCUT2D eigenvalue weighted by Gasteiger charge is -2.05. The molecule has 0 spiro atoms. The molecule has 1 rings (SSSR count). The van der Waals surface area contributed by atoms with Crippen LogP contribution in [0.1, 0.15) is 31.9 Å². The van der Waals surface area contributed by atoms with E-state index in [1.54, 1.807) is 0 Å². The van der Waals surface area contributed by atoms with E-state index in [0.717, 1.165) is 17.6 Å². The van der Waals surface area contributed by atoms with E-state index in [-0.39, 0.29) is 6.61 Å². The van der Waals surface area contributed by atoms with Crippen LogP contribution in [0.3, 0.4) is 0 Å². The molecular formula is C14H20O. The Labute approximate surface area is 92.5 Å². The summed E-state index contributed by atoms with van der Waals surface area (Å²) >= 11 is 0. The summed E-state index contributed by atoms with van der Waals surface area (Å²) in [5.74, 6) is 0.700. The predicted molar refractivity (Wildman–Crippen MR) is 65.7 cm³/mol. The molecule has 0 aliphatic carbocycles. The Morgan fingerprint density at radius 3 is 2.33 bits per heavy atom. The van der Waals surface area contributed by atoms with E-state index in [4.69, 9.17) is 5.11 Å². The molecule has 0 unspecified atom stereocenters. The lowest BCUT2D eigenvalue weighted by Crippen LogP contribution is -1.93. The fourth-order valence-corrected chi connectivity index (χ4v) is 1.55. The predicted octanol–water partition coefficient (Wildman–Crippen LogP) is 3.28. The minimum atomic E-state index is 0.133. The largest absolute Gasteiger partial charge is 0.392 e. The van der Waals surface area contributed by atoms with Crippen molar-refractivity contribution < 1.29 is 5.11 Å². The van der Waals surface area contributed by atoms with Crippen molar-refractivity contribution >= 4 is 6.08 Å². The maximum absolute atomic E-state index is 8.90. The third-order valence-electron chi connectivity index (χ3n) is 2.29. The van der Waals surface area contributed by atoms with Crippen LogP contribution in [0.5, 0.6) is 0 Å². The van der Waals surface area contributed by atoms with Crippen LogP contribution in [0.4, 0.5) is 0 Å². The molecule has 0 aliphatic heterocycles. The third kappa shape index (κ3) is 4.30. The van der Waals surface area contributed by atoms with Crippen molar-refractivity contribution in [1.29, 1.82) is 0 Å². The molecule has 15 heavy (non-hydrogen) atoms. The highest BCUT2D eigenvalue weighted by Crippen LogP contribution is 2.12. The van der Waals surface area contributed by atoms with Gasteiger partial charge in [0.2, 0.25) is 0 Å². The van der Waals surface area contributed by atoms with Gasteiger partial charge in [-0.05, 0) is 36.0 Å². The SMILES string of the molecule is CC(=Cc1ccc(CC(C)C)cc1)CO. The van der Waals surface area contributed by atoms with Crippen LogP contribution in [0, 0.1) is 5.92 Å². The van der Waals surface area contributed by atoms with E-state index in [1.807, 2.05) is 13.0 Å². The summed E-state index contributed by atoms with van der Waals surface area (Å²) in [6, 6.07) is 8.54. The Bertz CT molecular complexity index is 320. The molecule has 0 atom stereocenters. The Hall–Kier alpha value is -1.08. The van der Waals surface area contributed by atoms with Crippen molar-refractivity contribution in [2.75, 3.05) is 6.61 Å². The highest BCUT2D eigenvalue weighted by atomic mass is 16.3. The van der Waals surface area contributed by atoms with Crippen molar-refractivity contribution in [1.82, 2.24) is 0 Å². The first-order valence-corrected chi connectivity index (χ1v) is 5.49. The van der Waals surface area contributed by atoms with Crippen LogP contribution in [0.25, 0.3) is 6.08 Å². The van der Waals surface area contributed by atoms with Gasteiger partial charge in [0.1, 0.15) is 0 Å². The van der Waals surface area contributed by atoms with Gasteiger partial charge in [-0.15, -0.1) is 0 Å². The van der Waals surface area contributed by atoms with Crippen molar-refractivity contribution in [3.63, 3.8) is 0 Å². The lowest BCUT2D eigenvalue weighted by molar-refractivity contribution is 0.332. The number of rotatable bonds is 4. The molecule has 0 aromatic heterocycles. The molecule has 1 aromatic carbocycles. The van der Waals surface area contributed by atoms with E-state index in [0.29, 0.717) is 5.92 Å². The lowest BCUT2D eigenvalue weighted by atomic mass is 10.0. The van der Waals surface area contributed by atoms with Crippen LogP contribution in [0.15, 0.2) is 29.8 Å². The van der Waals surface area contributed by atoms with Gasteiger partial charge in [0.15, 0.2) is 0 Å². The van der Waals surface area contributed by atoms with Gasteiger partial charge < -0.3 is 5.11 Å². The molecular weight excluding hydrogens is 184 g/mol. The smallest absolute Gasteiger partial charge is 0.0642 e. The fraction of sp³-hybridized carbons (Fsp3) is 0.429. The summed E-state index contributed by atoms with van der Waals surface area (Å²) < 4.78 is 0. The number of benzene rings is 1. The Morgan fingerprint density at radius 1 is 1.27 bits per heavy atom. The average Bonchev–Trinajstić information content (AvgIpc) is 2.20. The van der Waals surface area contributed by atoms with Crippen molar-refractivity contribution in [3.05, 3.63) is 41.0 Å². The number of hydrogen-bond acceptors (Lipinski definition) is 1. The third-order valence-corrected chi connectivity index (χ3v) is 2.29. The Balaban J connectivity index is 2.72. The average molecular weight is 204 g/mol. The molecule has 1 nitrogen and oxygen atoms in total. The van der Waals surface area contributed by atoms with Crippen LogP contribution in [0.2, 0.25) is 0 Å². The summed E-state index contributed by atoms with van der Waals surface area (Å²) in [5.41, 5.74) is 3.53. The van der Waals surface area contributed by atoms with Crippen molar-refractivity contribution in [2.45, 2.75) is 27.2 Å². The minimum Gasteiger partial charge on any atom is -0.392 e. The zero-order valence-electron chi connectivity index (χ0n) is 9.83. The van der Waals surface area contributed by atoms with Gasteiger partial charge in [-0.25, -0.2) is 0 Å². The quantitative estimate of drug-likeness (QED) is 0.798. The van der Waals surface area contributed by atoms with Crippen LogP contribution >= 0.6 is 0 Å². The van der Waals surface area contributed by atoms with Gasteiger partial charge in [0.05, 0.1) is 6.61 Å². The summed E-state index contributed by atoms with van der Waals surface area (Å²) in [4.78, 5) is 0. The molecule has 82 valence electrons. The van der Waals surface area contributed by atoms with Gasteiger partial charge in [-0.2, -0.15) is 0 Å². The molecule has 0 radical (unpaired) electrons. The summed E-state index contributed by atoms with van der Waals surface area (Å²) in [5, 5.41) is 8.90. The van der Waals surface area contributed by atoms with Gasteiger partial charge in [0, 0.05) is 0 Å². The summed E-state index contributed by atoms with van der Waals surface area (Å²) in [6.45, 7) is 6.52. The standard InChI is InChI=1S/C14H20O/c1-11(2)8-13-4-6-14(7-5-13)9-12(3)10-15/h4-7,9,11,15H,8,10H2,1-3H3. The first kappa shape index (κ1) is 12.0. The molecule has 0 saturated heterocycles. The minimum absolute atomic E-state index is 0.133. The highest BCUT2D eigenvalue weighted by molar-refractivity contribution is 5.52. The fourth-order valence-electron chi connectivity index (χ4n) is 1.55. The first-order valence-electron chi connectivity index (χ1n) is 5.49. The molecule has 0 fully saturated rings. The second-order valence-corrected chi connectivity index (χ2v) is 4.49. The molecule has 0 saturated carbocycles. The monoisotopic (exact) mass is 204 g/mol. The van der Waals surface area contributed by atoms with Gasteiger partial charge in [0.25, 0.3) is 0 Å². The van der Waals surface area contributed by atoms with Crippen molar-refractivity contribution in [2.24, 2.45) is 5.92 Å². The maximum atomic E-state index is 8.90. The van der Waals surface area contributed by atoms with E-state index >= 15 is 0 Å². The number of aliphatic hydroxyl groups is 1. The van der Waals surface area contributed by atoms with Crippen LogP contribution in [-0.4, -0.2) is 11.7 Å². The zero-order chi connectivity index (χ0) is 11.3. The number of hydrogen-bond donors (Lipinski definition) is 1. The topological polar surface area (TPSA) is 20.2 Å². The van der Waals surface area contributed by atoms with Gasteiger partial charge >= 0.3 is 0 Å². The molecule has 0 aliphatic rings. The Morgan fingerprint density at radius 2 is 1.87 bits per heavy atom. The highest BCUT2D eigenvalue weighted by Gasteiger charge is 1.97. The van der Waals surface area contributed by atoms with Crippen molar-refractivity contribution in [3.8, 4) is 0 Å².